The summed E-state index contributed by atoms with van der Waals surface area (Å²) in [6.07, 6.45) is 0. The zero-order valence-electron chi connectivity index (χ0n) is 6.38. The van der Waals surface area contributed by atoms with Crippen molar-refractivity contribution in [1.82, 2.24) is 0 Å². The van der Waals surface area contributed by atoms with Crippen LogP contribution in [0.5, 0.6) is 0 Å². The summed E-state index contributed by atoms with van der Waals surface area (Å²) >= 11 is 0. The van der Waals surface area contributed by atoms with Gasteiger partial charge in [0.2, 0.25) is 0 Å². The molecule has 12 heavy (non-hydrogen) atoms. The Bertz CT molecular complexity index is 303. The van der Waals surface area contributed by atoms with Crippen molar-refractivity contribution < 1.29 is 14.0 Å². The Morgan fingerprint density at radius 3 is 2.17 bits per heavy atom. The van der Waals surface area contributed by atoms with Gasteiger partial charge >= 0.3 is 0 Å². The maximum Gasteiger partial charge on any atom is 0.126 e. The van der Waals surface area contributed by atoms with E-state index in [9.17, 15) is 8.78 Å². The molecule has 1 N–H and O–H groups in total. The van der Waals surface area contributed by atoms with Crippen molar-refractivity contribution >= 4 is 5.71 Å². The molecule has 0 aromatic heterocycles. The van der Waals surface area contributed by atoms with E-state index in [0.717, 1.165) is 18.2 Å². The molecule has 1 aromatic carbocycles. The lowest BCUT2D eigenvalue weighted by atomic mass is 10.1. The minimum Gasteiger partial charge on any atom is -0.411 e. The maximum atomic E-state index is 12.5. The number of nitrogens with zero attached hydrogens (tertiary/aromatic N) is 1. The van der Waals surface area contributed by atoms with Gasteiger partial charge in [-0.15, -0.1) is 0 Å². The van der Waals surface area contributed by atoms with Crippen LogP contribution >= 0.6 is 0 Å². The third-order valence-electron chi connectivity index (χ3n) is 1.43. The number of hydrogen-bond acceptors (Lipinski definition) is 2. The standard InChI is InChI=1S/C8H7F2NO/c1-5(11-12)6-2-7(9)4-8(10)3-6/h2-4,12H,1H3/b11-5-. The second kappa shape index (κ2) is 3.30. The Balaban J connectivity index is 3.17. The minimum absolute atomic E-state index is 0.174. The molecule has 0 aliphatic rings. The third-order valence-corrected chi connectivity index (χ3v) is 1.43. The highest BCUT2D eigenvalue weighted by atomic mass is 19.1. The average molecular weight is 171 g/mol. The van der Waals surface area contributed by atoms with Crippen molar-refractivity contribution in [2.45, 2.75) is 6.92 Å². The zero-order chi connectivity index (χ0) is 9.14. The second-order valence-corrected chi connectivity index (χ2v) is 2.34. The summed E-state index contributed by atoms with van der Waals surface area (Å²) in [7, 11) is 0. The average Bonchev–Trinajstić information content (AvgIpc) is 2.01. The molecule has 0 radical (unpaired) electrons. The molecule has 0 unspecified atom stereocenters. The summed E-state index contributed by atoms with van der Waals surface area (Å²) in [6, 6.07) is 2.95. The van der Waals surface area contributed by atoms with Crippen LogP contribution in [0.1, 0.15) is 12.5 Å². The van der Waals surface area contributed by atoms with Crippen molar-refractivity contribution in [1.29, 1.82) is 0 Å². The fourth-order valence-electron chi connectivity index (χ4n) is 0.820. The predicted molar refractivity (Wildman–Crippen MR) is 40.4 cm³/mol. The lowest BCUT2D eigenvalue weighted by molar-refractivity contribution is 0.319. The van der Waals surface area contributed by atoms with Gasteiger partial charge in [-0.3, -0.25) is 0 Å². The summed E-state index contributed by atoms with van der Waals surface area (Å²) in [5.74, 6) is -1.37. The van der Waals surface area contributed by atoms with Gasteiger partial charge in [0.25, 0.3) is 0 Å². The van der Waals surface area contributed by atoms with Crippen molar-refractivity contribution in [3.63, 3.8) is 0 Å². The monoisotopic (exact) mass is 171 g/mol. The normalized spacial score (nSPS) is 11.8. The van der Waals surface area contributed by atoms with E-state index < -0.39 is 11.6 Å². The van der Waals surface area contributed by atoms with E-state index in [1.165, 1.54) is 6.92 Å². The molecule has 0 saturated heterocycles. The molecule has 4 heteroatoms. The van der Waals surface area contributed by atoms with Gasteiger partial charge in [-0.05, 0) is 19.1 Å². The Hall–Kier alpha value is -1.45. The number of hydrogen-bond donors (Lipinski definition) is 1. The number of oxime groups is 1. The molecule has 0 aliphatic heterocycles. The molecular weight excluding hydrogens is 164 g/mol. The topological polar surface area (TPSA) is 32.6 Å². The van der Waals surface area contributed by atoms with Crippen LogP contribution in [-0.4, -0.2) is 10.9 Å². The van der Waals surface area contributed by atoms with Gasteiger partial charge in [-0.1, -0.05) is 5.16 Å². The first-order valence-electron chi connectivity index (χ1n) is 3.28. The molecular formula is C8H7F2NO. The van der Waals surface area contributed by atoms with Crippen molar-refractivity contribution in [2.75, 3.05) is 0 Å². The summed E-state index contributed by atoms with van der Waals surface area (Å²) in [6.45, 7) is 1.45. The van der Waals surface area contributed by atoms with Crippen LogP contribution in [0.15, 0.2) is 23.4 Å². The molecule has 0 saturated carbocycles. The van der Waals surface area contributed by atoms with Gasteiger partial charge in [0, 0.05) is 11.6 Å². The molecule has 64 valence electrons. The highest BCUT2D eigenvalue weighted by Crippen LogP contribution is 2.08. The molecule has 0 amide bonds. The molecule has 0 heterocycles. The van der Waals surface area contributed by atoms with Gasteiger partial charge in [-0.25, -0.2) is 8.78 Å². The fraction of sp³-hybridized carbons (Fsp3) is 0.125. The second-order valence-electron chi connectivity index (χ2n) is 2.34. The van der Waals surface area contributed by atoms with Crippen molar-refractivity contribution in [3.8, 4) is 0 Å². The van der Waals surface area contributed by atoms with Crippen LogP contribution in [0.3, 0.4) is 0 Å². The van der Waals surface area contributed by atoms with Crippen LogP contribution in [-0.2, 0) is 0 Å². The number of halogens is 2. The van der Waals surface area contributed by atoms with E-state index >= 15 is 0 Å². The van der Waals surface area contributed by atoms with Crippen LogP contribution in [0.4, 0.5) is 8.78 Å². The van der Waals surface area contributed by atoms with Crippen LogP contribution in [0.2, 0.25) is 0 Å². The van der Waals surface area contributed by atoms with Gasteiger partial charge in [0.05, 0.1) is 5.71 Å². The van der Waals surface area contributed by atoms with Crippen LogP contribution < -0.4 is 0 Å². The molecule has 1 rings (SSSR count). The minimum atomic E-state index is -0.687. The lowest BCUT2D eigenvalue weighted by Crippen LogP contribution is -1.96. The molecule has 0 spiro atoms. The van der Waals surface area contributed by atoms with Crippen molar-refractivity contribution in [3.05, 3.63) is 35.4 Å². The highest BCUT2D eigenvalue weighted by Gasteiger charge is 2.02. The zero-order valence-corrected chi connectivity index (χ0v) is 6.38. The number of rotatable bonds is 1. The molecule has 0 aliphatic carbocycles. The van der Waals surface area contributed by atoms with Gasteiger partial charge in [0.15, 0.2) is 0 Å². The first kappa shape index (κ1) is 8.64. The van der Waals surface area contributed by atoms with E-state index in [-0.39, 0.29) is 11.3 Å². The Kier molecular flexibility index (Phi) is 2.38. The number of benzene rings is 1. The molecule has 0 atom stereocenters. The van der Waals surface area contributed by atoms with Gasteiger partial charge in [0.1, 0.15) is 11.6 Å². The quantitative estimate of drug-likeness (QED) is 0.392. The summed E-state index contributed by atoms with van der Waals surface area (Å²) < 4.78 is 25.1. The van der Waals surface area contributed by atoms with Gasteiger partial charge < -0.3 is 5.21 Å². The first-order valence-corrected chi connectivity index (χ1v) is 3.28. The van der Waals surface area contributed by atoms with E-state index in [1.54, 1.807) is 0 Å². The Morgan fingerprint density at radius 2 is 1.75 bits per heavy atom. The van der Waals surface area contributed by atoms with Gasteiger partial charge in [-0.2, -0.15) is 0 Å². The summed E-state index contributed by atoms with van der Waals surface area (Å²) in [5.41, 5.74) is 0.406. The van der Waals surface area contributed by atoms with Crippen molar-refractivity contribution in [2.24, 2.45) is 5.16 Å². The predicted octanol–water partition coefficient (Wildman–Crippen LogP) is 2.16. The highest BCUT2D eigenvalue weighted by molar-refractivity contribution is 5.98. The summed E-state index contributed by atoms with van der Waals surface area (Å²) in [4.78, 5) is 0. The molecule has 0 fully saturated rings. The SMILES string of the molecule is C/C(=N/O)c1cc(F)cc(F)c1. The molecule has 0 bridgehead atoms. The first-order chi connectivity index (χ1) is 5.63. The largest absolute Gasteiger partial charge is 0.411 e. The van der Waals surface area contributed by atoms with E-state index in [4.69, 9.17) is 5.21 Å². The smallest absolute Gasteiger partial charge is 0.126 e. The molecule has 1 aromatic rings. The lowest BCUT2D eigenvalue weighted by Gasteiger charge is -1.98. The van der Waals surface area contributed by atoms with E-state index in [2.05, 4.69) is 5.16 Å². The van der Waals surface area contributed by atoms with Crippen LogP contribution in [0.25, 0.3) is 0 Å². The molecule has 2 nitrogen and oxygen atoms in total. The Morgan fingerprint density at radius 1 is 1.25 bits per heavy atom. The van der Waals surface area contributed by atoms with Crippen LogP contribution in [0, 0.1) is 11.6 Å². The Labute approximate surface area is 68.1 Å². The maximum absolute atomic E-state index is 12.5. The summed E-state index contributed by atoms with van der Waals surface area (Å²) in [5, 5.41) is 11.1. The fourth-order valence-corrected chi connectivity index (χ4v) is 0.820. The van der Waals surface area contributed by atoms with E-state index in [1.807, 2.05) is 0 Å². The van der Waals surface area contributed by atoms with E-state index in [0.29, 0.717) is 0 Å². The third kappa shape index (κ3) is 1.78.